The predicted molar refractivity (Wildman–Crippen MR) is 143 cm³/mol. The molecule has 4 rings (SSSR count). The quantitative estimate of drug-likeness (QED) is 0.250. The van der Waals surface area contributed by atoms with Crippen molar-refractivity contribution in [3.05, 3.63) is 72.3 Å². The third-order valence-electron chi connectivity index (χ3n) is 5.52. The highest BCUT2D eigenvalue weighted by molar-refractivity contribution is 14.0. The van der Waals surface area contributed by atoms with E-state index in [1.807, 2.05) is 16.8 Å². The van der Waals surface area contributed by atoms with Crippen molar-refractivity contribution in [1.82, 2.24) is 25.4 Å². The highest BCUT2D eigenvalue weighted by atomic mass is 127. The zero-order valence-corrected chi connectivity index (χ0v) is 21.5. The van der Waals surface area contributed by atoms with Gasteiger partial charge in [0, 0.05) is 25.7 Å². The van der Waals surface area contributed by atoms with Crippen LogP contribution in [0.1, 0.15) is 24.5 Å². The molecule has 0 amide bonds. The summed E-state index contributed by atoms with van der Waals surface area (Å²) in [6.45, 7) is 6.13. The first-order valence-corrected chi connectivity index (χ1v) is 11.1. The molecule has 1 aliphatic heterocycles. The van der Waals surface area contributed by atoms with Crippen LogP contribution in [0.5, 0.6) is 5.75 Å². The average molecular weight is 561 g/mol. The molecular formula is C24H32IN7O. The number of hydrogen-bond donors (Lipinski definition) is 2. The number of nitrogens with one attached hydrogen (secondary N) is 2. The van der Waals surface area contributed by atoms with Crippen LogP contribution in [0, 0.1) is 0 Å². The molecule has 9 heteroatoms. The molecule has 176 valence electrons. The first kappa shape index (κ1) is 24.8. The lowest BCUT2D eigenvalue weighted by molar-refractivity contribution is 0.415. The second kappa shape index (κ2) is 12.4. The summed E-state index contributed by atoms with van der Waals surface area (Å²) in [5, 5.41) is 11.2. The molecule has 1 aliphatic rings. The molecular weight excluding hydrogens is 529 g/mol. The Morgan fingerprint density at radius 3 is 2.82 bits per heavy atom. The summed E-state index contributed by atoms with van der Waals surface area (Å²) in [5.74, 6) is 1.76. The van der Waals surface area contributed by atoms with Crippen LogP contribution in [0.4, 0.5) is 5.69 Å². The summed E-state index contributed by atoms with van der Waals surface area (Å²) in [7, 11) is 1.72. The van der Waals surface area contributed by atoms with Crippen molar-refractivity contribution in [3.63, 3.8) is 0 Å². The van der Waals surface area contributed by atoms with Crippen LogP contribution in [0.3, 0.4) is 0 Å². The monoisotopic (exact) mass is 561 g/mol. The number of aromatic nitrogens is 3. The second-order valence-corrected chi connectivity index (χ2v) is 7.86. The van der Waals surface area contributed by atoms with Crippen LogP contribution in [-0.2, 0) is 13.1 Å². The number of aliphatic imine (C=N–C) groups is 1. The van der Waals surface area contributed by atoms with Crippen LogP contribution in [-0.4, -0.2) is 53.5 Å². The van der Waals surface area contributed by atoms with E-state index in [2.05, 4.69) is 68.9 Å². The molecule has 8 nitrogen and oxygen atoms in total. The van der Waals surface area contributed by atoms with Crippen LogP contribution in [0.2, 0.25) is 0 Å². The van der Waals surface area contributed by atoms with Crippen molar-refractivity contribution < 1.29 is 4.74 Å². The minimum Gasteiger partial charge on any atom is -0.495 e. The number of guanidine groups is 1. The van der Waals surface area contributed by atoms with Gasteiger partial charge in [0.1, 0.15) is 18.4 Å². The van der Waals surface area contributed by atoms with E-state index < -0.39 is 0 Å². The van der Waals surface area contributed by atoms with E-state index in [1.165, 1.54) is 11.1 Å². The van der Waals surface area contributed by atoms with Gasteiger partial charge in [0.25, 0.3) is 0 Å². The van der Waals surface area contributed by atoms with E-state index >= 15 is 0 Å². The first-order valence-electron chi connectivity index (χ1n) is 11.1. The van der Waals surface area contributed by atoms with Crippen molar-refractivity contribution in [3.8, 4) is 5.75 Å². The number of para-hydroxylation sites is 2. The van der Waals surface area contributed by atoms with E-state index in [0.29, 0.717) is 19.1 Å². The maximum Gasteiger partial charge on any atom is 0.191 e. The highest BCUT2D eigenvalue weighted by Crippen LogP contribution is 2.30. The van der Waals surface area contributed by atoms with Crippen molar-refractivity contribution >= 4 is 35.6 Å². The number of benzene rings is 2. The van der Waals surface area contributed by atoms with E-state index in [-0.39, 0.29) is 24.0 Å². The molecule has 33 heavy (non-hydrogen) atoms. The summed E-state index contributed by atoms with van der Waals surface area (Å²) in [4.78, 5) is 11.2. The van der Waals surface area contributed by atoms with E-state index in [4.69, 9.17) is 9.73 Å². The molecule has 0 aliphatic carbocycles. The van der Waals surface area contributed by atoms with Crippen molar-refractivity contribution in [2.24, 2.45) is 4.99 Å². The highest BCUT2D eigenvalue weighted by Gasteiger charge is 2.25. The summed E-state index contributed by atoms with van der Waals surface area (Å²) < 4.78 is 7.36. The molecule has 0 bridgehead atoms. The van der Waals surface area contributed by atoms with Crippen molar-refractivity contribution in [2.45, 2.75) is 32.5 Å². The van der Waals surface area contributed by atoms with Gasteiger partial charge in [-0.15, -0.1) is 24.0 Å². The van der Waals surface area contributed by atoms with Gasteiger partial charge in [-0.1, -0.05) is 36.4 Å². The molecule has 0 spiro atoms. The number of ether oxygens (including phenoxy) is 1. The molecule has 3 aromatic rings. The lowest BCUT2D eigenvalue weighted by Gasteiger charge is -2.22. The largest absolute Gasteiger partial charge is 0.495 e. The molecule has 1 saturated heterocycles. The van der Waals surface area contributed by atoms with Gasteiger partial charge in [-0.2, -0.15) is 5.10 Å². The van der Waals surface area contributed by atoms with Crippen LogP contribution >= 0.6 is 24.0 Å². The van der Waals surface area contributed by atoms with Crippen molar-refractivity contribution in [2.75, 3.05) is 31.6 Å². The summed E-state index contributed by atoms with van der Waals surface area (Å²) >= 11 is 0. The van der Waals surface area contributed by atoms with Crippen LogP contribution in [0.15, 0.2) is 66.2 Å². The molecule has 1 aromatic heterocycles. The molecule has 1 fully saturated rings. The fourth-order valence-corrected chi connectivity index (χ4v) is 4.00. The van der Waals surface area contributed by atoms with E-state index in [0.717, 1.165) is 43.5 Å². The number of hydrogen-bond acceptors (Lipinski definition) is 5. The Morgan fingerprint density at radius 1 is 1.18 bits per heavy atom. The van der Waals surface area contributed by atoms with Gasteiger partial charge < -0.3 is 20.3 Å². The lowest BCUT2D eigenvalue weighted by atomic mass is 10.1. The van der Waals surface area contributed by atoms with Gasteiger partial charge in [-0.25, -0.2) is 14.7 Å². The fourth-order valence-electron chi connectivity index (χ4n) is 4.00. The third kappa shape index (κ3) is 6.83. The van der Waals surface area contributed by atoms with Crippen molar-refractivity contribution in [1.29, 1.82) is 0 Å². The zero-order valence-electron chi connectivity index (χ0n) is 19.1. The van der Waals surface area contributed by atoms with Gasteiger partial charge in [-0.05, 0) is 36.6 Å². The second-order valence-electron chi connectivity index (χ2n) is 7.86. The minimum atomic E-state index is 0. The summed E-state index contributed by atoms with van der Waals surface area (Å²) in [5.41, 5.74) is 3.50. The Bertz CT molecular complexity index is 1030. The van der Waals surface area contributed by atoms with Crippen LogP contribution < -0.4 is 20.3 Å². The number of rotatable bonds is 8. The molecule has 2 aromatic carbocycles. The minimum absolute atomic E-state index is 0. The first-order chi connectivity index (χ1) is 15.7. The maximum absolute atomic E-state index is 5.54. The maximum atomic E-state index is 5.54. The molecule has 0 radical (unpaired) electrons. The fraction of sp³-hybridized carbons (Fsp3) is 0.375. The normalized spacial score (nSPS) is 15.8. The average Bonchev–Trinajstić information content (AvgIpc) is 3.50. The summed E-state index contributed by atoms with van der Waals surface area (Å²) in [6, 6.07) is 17.0. The third-order valence-corrected chi connectivity index (χ3v) is 5.52. The number of anilines is 1. The van der Waals surface area contributed by atoms with Gasteiger partial charge in [-0.3, -0.25) is 0 Å². The molecule has 1 atom stereocenters. The van der Waals surface area contributed by atoms with E-state index in [9.17, 15) is 0 Å². The Morgan fingerprint density at radius 2 is 2.03 bits per heavy atom. The molecule has 2 N–H and O–H groups in total. The zero-order chi connectivity index (χ0) is 22.2. The Labute approximate surface area is 212 Å². The van der Waals surface area contributed by atoms with Gasteiger partial charge >= 0.3 is 0 Å². The molecule has 2 heterocycles. The molecule has 1 unspecified atom stereocenters. The topological polar surface area (TPSA) is 79.6 Å². The number of nitrogens with zero attached hydrogens (tertiary/aromatic N) is 5. The smallest absolute Gasteiger partial charge is 0.191 e. The SMILES string of the molecule is CCNC(=NCc1cccc(Cn2cncn2)c1)NC1CCN(c2ccccc2OC)C1.I. The van der Waals surface area contributed by atoms with E-state index in [1.54, 1.807) is 19.8 Å². The molecule has 0 saturated carbocycles. The number of halogens is 1. The number of methoxy groups -OCH3 is 1. The lowest BCUT2D eigenvalue weighted by Crippen LogP contribution is -2.44. The van der Waals surface area contributed by atoms with Gasteiger partial charge in [0.05, 0.1) is 25.9 Å². The Kier molecular flexibility index (Phi) is 9.35. The Hall–Kier alpha value is -2.82. The predicted octanol–water partition coefficient (Wildman–Crippen LogP) is 3.29. The standard InChI is InChI=1S/C24H31N7O.HI/c1-3-26-24(27-14-19-7-6-8-20(13-19)15-31-18-25-17-28-31)29-21-11-12-30(16-21)22-9-4-5-10-23(22)32-2;/h4-10,13,17-18,21H,3,11-12,14-16H2,1-2H3,(H2,26,27,29);1H. The van der Waals surface area contributed by atoms with Crippen LogP contribution in [0.25, 0.3) is 0 Å². The summed E-state index contributed by atoms with van der Waals surface area (Å²) in [6.07, 6.45) is 4.34. The van der Waals surface area contributed by atoms with Gasteiger partial charge in [0.15, 0.2) is 5.96 Å². The Balaban J connectivity index is 0.00000306. The van der Waals surface area contributed by atoms with Gasteiger partial charge in [0.2, 0.25) is 0 Å².